The summed E-state index contributed by atoms with van der Waals surface area (Å²) in [6.07, 6.45) is 0. The van der Waals surface area contributed by atoms with Crippen LogP contribution in [0, 0.1) is 6.92 Å². The molecule has 5 nitrogen and oxygen atoms in total. The third-order valence-corrected chi connectivity index (χ3v) is 3.43. The number of aryl methyl sites for hydroxylation is 1. The fraction of sp³-hybridized carbons (Fsp3) is 0.333. The van der Waals surface area contributed by atoms with E-state index in [0.717, 1.165) is 22.5 Å². The van der Waals surface area contributed by atoms with Crippen molar-refractivity contribution >= 4 is 11.1 Å². The van der Waals surface area contributed by atoms with Crippen LogP contribution in [0.2, 0.25) is 0 Å². The number of benzene rings is 1. The maximum atomic E-state index is 12.0. The molecule has 3 aromatic rings. The van der Waals surface area contributed by atoms with E-state index in [0.29, 0.717) is 12.1 Å². The Labute approximate surface area is 115 Å². The Bertz CT molecular complexity index is 808. The summed E-state index contributed by atoms with van der Waals surface area (Å²) < 4.78 is 12.2. The molecule has 104 valence electrons. The van der Waals surface area contributed by atoms with Crippen molar-refractivity contribution in [3.05, 3.63) is 51.8 Å². The maximum absolute atomic E-state index is 12.0. The van der Waals surface area contributed by atoms with Crippen LogP contribution in [0.15, 0.2) is 38.0 Å². The Hall–Kier alpha value is -2.30. The Morgan fingerprint density at radius 1 is 1.30 bits per heavy atom. The zero-order valence-electron chi connectivity index (χ0n) is 11.7. The van der Waals surface area contributed by atoms with Crippen LogP contribution in [-0.2, 0) is 6.54 Å². The van der Waals surface area contributed by atoms with Gasteiger partial charge in [-0.1, -0.05) is 31.1 Å². The minimum atomic E-state index is -0.360. The lowest BCUT2D eigenvalue weighted by Crippen LogP contribution is -2.16. The highest BCUT2D eigenvalue weighted by molar-refractivity contribution is 5.72. The molecular weight excluding hydrogens is 256 g/mol. The molecule has 0 fully saturated rings. The summed E-state index contributed by atoms with van der Waals surface area (Å²) in [6.45, 7) is 6.39. The van der Waals surface area contributed by atoms with E-state index in [2.05, 4.69) is 5.16 Å². The first kappa shape index (κ1) is 12.7. The lowest BCUT2D eigenvalue weighted by atomic mass is 10.1. The molecule has 0 spiro atoms. The Balaban J connectivity index is 2.13. The average molecular weight is 272 g/mol. The number of aromatic nitrogens is 2. The number of rotatable bonds is 3. The van der Waals surface area contributed by atoms with Gasteiger partial charge in [0.05, 0.1) is 17.8 Å². The molecule has 3 rings (SSSR count). The minimum Gasteiger partial charge on any atom is -0.408 e. The summed E-state index contributed by atoms with van der Waals surface area (Å²) >= 11 is 0. The fourth-order valence-electron chi connectivity index (χ4n) is 2.37. The van der Waals surface area contributed by atoms with E-state index in [9.17, 15) is 4.79 Å². The van der Waals surface area contributed by atoms with Crippen molar-refractivity contribution in [1.29, 1.82) is 0 Å². The molecule has 0 amide bonds. The van der Waals surface area contributed by atoms with E-state index in [1.165, 1.54) is 0 Å². The van der Waals surface area contributed by atoms with Gasteiger partial charge in [0.25, 0.3) is 0 Å². The number of oxazole rings is 1. The highest BCUT2D eigenvalue weighted by Gasteiger charge is 2.19. The number of para-hydroxylation sites is 2. The number of fused-ring (bicyclic) bond motifs is 1. The van der Waals surface area contributed by atoms with E-state index >= 15 is 0 Å². The molecule has 0 unspecified atom stereocenters. The van der Waals surface area contributed by atoms with E-state index in [-0.39, 0.29) is 11.7 Å². The quantitative estimate of drug-likeness (QED) is 0.735. The van der Waals surface area contributed by atoms with Crippen molar-refractivity contribution in [1.82, 2.24) is 9.72 Å². The zero-order chi connectivity index (χ0) is 14.3. The second-order valence-electron chi connectivity index (χ2n) is 5.19. The molecule has 2 aromatic heterocycles. The molecule has 20 heavy (non-hydrogen) atoms. The first-order valence-corrected chi connectivity index (χ1v) is 6.61. The van der Waals surface area contributed by atoms with E-state index < -0.39 is 0 Å². The zero-order valence-corrected chi connectivity index (χ0v) is 11.7. The van der Waals surface area contributed by atoms with Gasteiger partial charge in [-0.2, -0.15) is 0 Å². The lowest BCUT2D eigenvalue weighted by molar-refractivity contribution is 0.365. The number of hydrogen-bond acceptors (Lipinski definition) is 4. The van der Waals surface area contributed by atoms with Crippen molar-refractivity contribution in [3.8, 4) is 0 Å². The van der Waals surface area contributed by atoms with E-state index in [1.807, 2.05) is 39.0 Å². The van der Waals surface area contributed by atoms with Crippen molar-refractivity contribution in [2.75, 3.05) is 0 Å². The fourth-order valence-corrected chi connectivity index (χ4v) is 2.37. The van der Waals surface area contributed by atoms with Crippen LogP contribution in [0.4, 0.5) is 0 Å². The van der Waals surface area contributed by atoms with Gasteiger partial charge in [0, 0.05) is 11.5 Å². The molecule has 0 aliphatic heterocycles. The predicted octanol–water partition coefficient (Wildman–Crippen LogP) is 3.06. The Morgan fingerprint density at radius 2 is 2.05 bits per heavy atom. The number of nitrogens with zero attached hydrogens (tertiary/aromatic N) is 2. The standard InChI is InChI=1S/C15H16N2O3/c1-9(2)14-11(10(3)16-20-14)8-17-12-6-4-5-7-13(12)19-15(17)18/h4-7,9H,8H2,1-3H3. The first-order chi connectivity index (χ1) is 9.58. The monoisotopic (exact) mass is 272 g/mol. The highest BCUT2D eigenvalue weighted by Crippen LogP contribution is 2.24. The summed E-state index contributed by atoms with van der Waals surface area (Å²) in [5.74, 6) is 0.682. The Morgan fingerprint density at radius 3 is 2.80 bits per heavy atom. The maximum Gasteiger partial charge on any atom is 0.420 e. The predicted molar refractivity (Wildman–Crippen MR) is 74.9 cm³/mol. The van der Waals surface area contributed by atoms with Gasteiger partial charge in [0.2, 0.25) is 0 Å². The smallest absolute Gasteiger partial charge is 0.408 e. The Kier molecular flexibility index (Phi) is 2.97. The van der Waals surface area contributed by atoms with Gasteiger partial charge < -0.3 is 8.94 Å². The van der Waals surface area contributed by atoms with Gasteiger partial charge in [-0.05, 0) is 19.1 Å². The van der Waals surface area contributed by atoms with Gasteiger partial charge in [-0.15, -0.1) is 0 Å². The SMILES string of the molecule is Cc1noc(C(C)C)c1Cn1c(=O)oc2ccccc21. The molecule has 2 heterocycles. The van der Waals surface area contributed by atoms with Gasteiger partial charge in [0.1, 0.15) is 5.76 Å². The van der Waals surface area contributed by atoms with E-state index in [4.69, 9.17) is 8.94 Å². The normalized spacial score (nSPS) is 11.6. The van der Waals surface area contributed by atoms with Gasteiger partial charge in [-0.25, -0.2) is 4.79 Å². The van der Waals surface area contributed by atoms with Gasteiger partial charge >= 0.3 is 5.76 Å². The van der Waals surface area contributed by atoms with Crippen molar-refractivity contribution < 1.29 is 8.94 Å². The summed E-state index contributed by atoms with van der Waals surface area (Å²) in [5.41, 5.74) is 3.14. The second kappa shape index (κ2) is 4.67. The lowest BCUT2D eigenvalue weighted by Gasteiger charge is -2.05. The largest absolute Gasteiger partial charge is 0.420 e. The van der Waals surface area contributed by atoms with Crippen molar-refractivity contribution in [3.63, 3.8) is 0 Å². The van der Waals surface area contributed by atoms with E-state index in [1.54, 1.807) is 10.6 Å². The molecule has 0 saturated heterocycles. The topological polar surface area (TPSA) is 61.2 Å². The van der Waals surface area contributed by atoms with Crippen LogP contribution < -0.4 is 5.76 Å². The minimum absolute atomic E-state index is 0.222. The van der Waals surface area contributed by atoms with Crippen LogP contribution in [0.1, 0.15) is 36.8 Å². The molecule has 0 aliphatic rings. The van der Waals surface area contributed by atoms with Gasteiger partial charge in [-0.3, -0.25) is 4.57 Å². The first-order valence-electron chi connectivity index (χ1n) is 6.61. The third kappa shape index (κ3) is 1.95. The molecule has 1 aromatic carbocycles. The molecule has 5 heteroatoms. The highest BCUT2D eigenvalue weighted by atomic mass is 16.5. The van der Waals surface area contributed by atoms with Crippen molar-refractivity contribution in [2.45, 2.75) is 33.2 Å². The molecule has 0 saturated carbocycles. The molecule has 0 atom stereocenters. The van der Waals surface area contributed by atoms with Crippen LogP contribution in [0.5, 0.6) is 0 Å². The molecule has 0 N–H and O–H groups in total. The molecule has 0 radical (unpaired) electrons. The summed E-state index contributed by atoms with van der Waals surface area (Å²) in [5, 5.41) is 4.01. The van der Waals surface area contributed by atoms with Crippen LogP contribution in [-0.4, -0.2) is 9.72 Å². The number of hydrogen-bond donors (Lipinski definition) is 0. The van der Waals surface area contributed by atoms with Crippen molar-refractivity contribution in [2.24, 2.45) is 0 Å². The van der Waals surface area contributed by atoms with Crippen LogP contribution in [0.3, 0.4) is 0 Å². The molecule has 0 bridgehead atoms. The molecular formula is C15H16N2O3. The average Bonchev–Trinajstić information content (AvgIpc) is 2.92. The second-order valence-corrected chi connectivity index (χ2v) is 5.19. The van der Waals surface area contributed by atoms with Crippen LogP contribution in [0.25, 0.3) is 11.1 Å². The molecule has 0 aliphatic carbocycles. The van der Waals surface area contributed by atoms with Crippen LogP contribution >= 0.6 is 0 Å². The summed E-state index contributed by atoms with van der Waals surface area (Å²) in [6, 6.07) is 7.40. The summed E-state index contributed by atoms with van der Waals surface area (Å²) in [4.78, 5) is 12.0. The summed E-state index contributed by atoms with van der Waals surface area (Å²) in [7, 11) is 0. The third-order valence-electron chi connectivity index (χ3n) is 3.43. The van der Waals surface area contributed by atoms with Gasteiger partial charge in [0.15, 0.2) is 5.58 Å².